The van der Waals surface area contributed by atoms with Crippen molar-refractivity contribution in [3.63, 3.8) is 0 Å². The van der Waals surface area contributed by atoms with E-state index in [1.807, 2.05) is 28.9 Å². The minimum absolute atomic E-state index is 0.218. The van der Waals surface area contributed by atoms with Crippen LogP contribution in [0.4, 0.5) is 5.69 Å². The zero-order valence-electron chi connectivity index (χ0n) is 22.1. The zero-order chi connectivity index (χ0) is 26.2. The maximum Gasteiger partial charge on any atom is 0.286 e. The minimum Gasteiger partial charge on any atom is -0.378 e. The Labute approximate surface area is 227 Å². The molecule has 1 amide bonds. The maximum atomic E-state index is 12.6. The number of hydrogen-bond donors (Lipinski definition) is 0. The standard InChI is InChI=1S/C28H33N7O2S/c1-19(2)32-8-10-33(11-9-32)23-6-4-21(16-20(23)3)24-18-29-26-7-5-22(31-35(24)26)17-25-27(36)30-28(38-25)34-12-14-37-15-13-34/h4-7,16-19H,8-15H2,1-3H3/b25-17-. The van der Waals surface area contributed by atoms with E-state index in [4.69, 9.17) is 9.84 Å². The third-order valence-electron chi connectivity index (χ3n) is 7.43. The summed E-state index contributed by atoms with van der Waals surface area (Å²) < 4.78 is 7.27. The molecule has 3 aliphatic heterocycles. The van der Waals surface area contributed by atoms with E-state index in [9.17, 15) is 4.79 Å². The number of imidazole rings is 1. The molecule has 2 fully saturated rings. The van der Waals surface area contributed by atoms with E-state index in [-0.39, 0.29) is 5.91 Å². The summed E-state index contributed by atoms with van der Waals surface area (Å²) in [6.07, 6.45) is 3.68. The van der Waals surface area contributed by atoms with Crippen molar-refractivity contribution in [3.05, 3.63) is 52.7 Å². The number of morpholine rings is 1. The Bertz CT molecular complexity index is 1420. The average Bonchev–Trinajstić information content (AvgIpc) is 3.52. The van der Waals surface area contributed by atoms with Crippen LogP contribution in [0.15, 0.2) is 46.4 Å². The average molecular weight is 532 g/mol. The molecule has 0 saturated carbocycles. The fraction of sp³-hybridized carbons (Fsp3) is 0.429. The number of piperazine rings is 1. The number of carbonyl (C=O) groups excluding carboxylic acids is 1. The van der Waals surface area contributed by atoms with Gasteiger partial charge in [-0.25, -0.2) is 9.50 Å². The number of benzene rings is 1. The Morgan fingerprint density at radius 2 is 1.79 bits per heavy atom. The van der Waals surface area contributed by atoms with Crippen LogP contribution in [0.25, 0.3) is 23.0 Å². The number of fused-ring (bicyclic) bond motifs is 1. The third-order valence-corrected chi connectivity index (χ3v) is 8.47. The van der Waals surface area contributed by atoms with Crippen LogP contribution in [-0.2, 0) is 9.53 Å². The van der Waals surface area contributed by atoms with Crippen molar-refractivity contribution < 1.29 is 9.53 Å². The van der Waals surface area contributed by atoms with Gasteiger partial charge in [-0.15, -0.1) is 0 Å². The van der Waals surface area contributed by atoms with Crippen LogP contribution in [0.1, 0.15) is 25.1 Å². The molecule has 38 heavy (non-hydrogen) atoms. The molecule has 0 radical (unpaired) electrons. The number of amides is 1. The topological polar surface area (TPSA) is 78.6 Å². The van der Waals surface area contributed by atoms with Crippen LogP contribution in [0, 0.1) is 6.92 Å². The molecule has 0 aliphatic carbocycles. The summed E-state index contributed by atoms with van der Waals surface area (Å²) in [5, 5.41) is 5.57. The van der Waals surface area contributed by atoms with Gasteiger partial charge in [-0.05, 0) is 68.4 Å². The lowest BCUT2D eigenvalue weighted by Gasteiger charge is -2.38. The van der Waals surface area contributed by atoms with Gasteiger partial charge in [0.15, 0.2) is 10.8 Å². The molecule has 0 spiro atoms. The van der Waals surface area contributed by atoms with Gasteiger partial charge in [-0.1, -0.05) is 6.07 Å². The summed E-state index contributed by atoms with van der Waals surface area (Å²) in [5.41, 5.74) is 6.00. The number of carbonyl (C=O) groups is 1. The first kappa shape index (κ1) is 25.1. The zero-order valence-corrected chi connectivity index (χ0v) is 22.9. The van der Waals surface area contributed by atoms with Crippen LogP contribution >= 0.6 is 11.8 Å². The largest absolute Gasteiger partial charge is 0.378 e. The highest BCUT2D eigenvalue weighted by Crippen LogP contribution is 2.31. The normalized spacial score (nSPS) is 20.3. The molecule has 0 bridgehead atoms. The molecule has 1 aromatic carbocycles. The third kappa shape index (κ3) is 4.95. The first-order valence-electron chi connectivity index (χ1n) is 13.3. The van der Waals surface area contributed by atoms with Gasteiger partial charge in [-0.2, -0.15) is 10.1 Å². The van der Waals surface area contributed by atoms with Crippen molar-refractivity contribution in [2.75, 3.05) is 57.4 Å². The number of thioether (sulfide) groups is 1. The number of ether oxygens (including phenoxy) is 1. The van der Waals surface area contributed by atoms with Gasteiger partial charge in [0.1, 0.15) is 0 Å². The van der Waals surface area contributed by atoms with Crippen LogP contribution in [-0.4, -0.2) is 94.0 Å². The first-order valence-corrected chi connectivity index (χ1v) is 14.1. The molecule has 3 aliphatic rings. The van der Waals surface area contributed by atoms with E-state index in [0.29, 0.717) is 29.9 Å². The molecular formula is C28H33N7O2S. The Balaban J connectivity index is 1.22. The summed E-state index contributed by atoms with van der Waals surface area (Å²) in [5.74, 6) is -0.218. The van der Waals surface area contributed by atoms with E-state index in [1.54, 1.807) is 0 Å². The highest BCUT2D eigenvalue weighted by molar-refractivity contribution is 8.18. The predicted octanol–water partition coefficient (Wildman–Crippen LogP) is 3.54. The van der Waals surface area contributed by atoms with Crippen molar-refractivity contribution in [2.45, 2.75) is 26.8 Å². The van der Waals surface area contributed by atoms with Gasteiger partial charge in [-0.3, -0.25) is 9.69 Å². The van der Waals surface area contributed by atoms with Gasteiger partial charge < -0.3 is 14.5 Å². The van der Waals surface area contributed by atoms with Crippen molar-refractivity contribution in [1.29, 1.82) is 0 Å². The second kappa shape index (κ2) is 10.5. The van der Waals surface area contributed by atoms with E-state index in [0.717, 1.165) is 61.3 Å². The molecule has 10 heteroatoms. The molecule has 6 rings (SSSR count). The number of hydrogen-bond acceptors (Lipinski definition) is 8. The second-order valence-corrected chi connectivity index (χ2v) is 11.2. The van der Waals surface area contributed by atoms with Gasteiger partial charge in [0, 0.05) is 56.6 Å². The van der Waals surface area contributed by atoms with Crippen LogP contribution in [0.2, 0.25) is 0 Å². The Hall–Kier alpha value is -3.21. The van der Waals surface area contributed by atoms with Crippen molar-refractivity contribution >= 4 is 40.2 Å². The van der Waals surface area contributed by atoms with Gasteiger partial charge in [0.2, 0.25) is 0 Å². The monoisotopic (exact) mass is 531 g/mol. The Morgan fingerprint density at radius 1 is 1.00 bits per heavy atom. The van der Waals surface area contributed by atoms with Crippen LogP contribution in [0.3, 0.4) is 0 Å². The molecule has 0 atom stereocenters. The van der Waals surface area contributed by atoms with Crippen molar-refractivity contribution in [1.82, 2.24) is 24.4 Å². The minimum atomic E-state index is -0.218. The van der Waals surface area contributed by atoms with E-state index in [1.165, 1.54) is 23.0 Å². The molecule has 2 saturated heterocycles. The van der Waals surface area contributed by atoms with Crippen LogP contribution in [0.5, 0.6) is 0 Å². The lowest BCUT2D eigenvalue weighted by Crippen LogP contribution is -2.49. The molecule has 3 aromatic rings. The fourth-order valence-electron chi connectivity index (χ4n) is 5.23. The van der Waals surface area contributed by atoms with Gasteiger partial charge in [0.25, 0.3) is 5.91 Å². The molecule has 2 aromatic heterocycles. The smallest absolute Gasteiger partial charge is 0.286 e. The number of aryl methyl sites for hydroxylation is 1. The molecule has 0 unspecified atom stereocenters. The summed E-state index contributed by atoms with van der Waals surface area (Å²) in [4.78, 5) is 29.1. The lowest BCUT2D eigenvalue weighted by atomic mass is 10.1. The number of aliphatic imine (C=N–C) groups is 1. The van der Waals surface area contributed by atoms with Crippen molar-refractivity contribution in [2.24, 2.45) is 4.99 Å². The number of anilines is 1. The maximum absolute atomic E-state index is 12.6. The predicted molar refractivity (Wildman–Crippen MR) is 152 cm³/mol. The van der Waals surface area contributed by atoms with E-state index >= 15 is 0 Å². The molecule has 198 valence electrons. The highest BCUT2D eigenvalue weighted by atomic mass is 32.2. The molecule has 0 N–H and O–H groups in total. The van der Waals surface area contributed by atoms with Gasteiger partial charge >= 0.3 is 0 Å². The second-order valence-electron chi connectivity index (χ2n) is 10.2. The summed E-state index contributed by atoms with van der Waals surface area (Å²) >= 11 is 1.41. The molecular weight excluding hydrogens is 498 g/mol. The van der Waals surface area contributed by atoms with Crippen LogP contribution < -0.4 is 4.90 Å². The molecule has 5 heterocycles. The fourth-order valence-corrected chi connectivity index (χ4v) is 6.18. The molecule has 9 nitrogen and oxygen atoms in total. The number of aromatic nitrogens is 3. The summed E-state index contributed by atoms with van der Waals surface area (Å²) in [7, 11) is 0. The summed E-state index contributed by atoms with van der Waals surface area (Å²) in [6.45, 7) is 13.8. The number of amidine groups is 1. The lowest BCUT2D eigenvalue weighted by molar-refractivity contribution is -0.113. The Morgan fingerprint density at radius 3 is 2.53 bits per heavy atom. The number of nitrogens with zero attached hydrogens (tertiary/aromatic N) is 7. The Kier molecular flexibility index (Phi) is 6.94. The van der Waals surface area contributed by atoms with Gasteiger partial charge in [0.05, 0.1) is 35.7 Å². The highest BCUT2D eigenvalue weighted by Gasteiger charge is 2.27. The summed E-state index contributed by atoms with van der Waals surface area (Å²) in [6, 6.07) is 11.0. The van der Waals surface area contributed by atoms with Crippen molar-refractivity contribution in [3.8, 4) is 11.3 Å². The van der Waals surface area contributed by atoms with E-state index in [2.05, 4.69) is 63.6 Å². The van der Waals surface area contributed by atoms with E-state index < -0.39 is 0 Å². The first-order chi connectivity index (χ1) is 18.5. The SMILES string of the molecule is Cc1cc(-c2cnc3ccc(/C=C4\SC(N5CCOCC5)=NC4=O)nn23)ccc1N1CCN(C(C)C)CC1. The number of rotatable bonds is 4. The quantitative estimate of drug-likeness (QED) is 0.473.